The van der Waals surface area contributed by atoms with Crippen molar-refractivity contribution < 1.29 is 4.74 Å². The van der Waals surface area contributed by atoms with Gasteiger partial charge < -0.3 is 10.5 Å². The van der Waals surface area contributed by atoms with Gasteiger partial charge in [0.05, 0.1) is 6.04 Å². The summed E-state index contributed by atoms with van der Waals surface area (Å²) < 4.78 is 6.73. The average molecular weight is 204 g/mol. The molecule has 2 N–H and O–H groups in total. The van der Waals surface area contributed by atoms with Gasteiger partial charge in [-0.05, 0) is 13.3 Å². The van der Waals surface area contributed by atoms with E-state index in [0.717, 1.165) is 6.42 Å². The summed E-state index contributed by atoms with van der Waals surface area (Å²) in [5.74, 6) is 0.380. The van der Waals surface area contributed by atoms with E-state index in [4.69, 9.17) is 22.1 Å². The molecule has 1 aromatic rings. The monoisotopic (exact) mass is 203 g/mol. The summed E-state index contributed by atoms with van der Waals surface area (Å²) in [4.78, 5) is 0. The van der Waals surface area contributed by atoms with Crippen LogP contribution in [0.1, 0.15) is 19.4 Å². The lowest BCUT2D eigenvalue weighted by molar-refractivity contribution is 0.179. The van der Waals surface area contributed by atoms with Crippen LogP contribution < -0.4 is 5.73 Å². The summed E-state index contributed by atoms with van der Waals surface area (Å²) in [5, 5.41) is 4.57. The van der Waals surface area contributed by atoms with Gasteiger partial charge in [0, 0.05) is 19.9 Å². The fourth-order valence-electron chi connectivity index (χ4n) is 1.03. The van der Waals surface area contributed by atoms with E-state index < -0.39 is 0 Å². The highest BCUT2D eigenvalue weighted by Gasteiger charge is 2.08. The number of halogens is 1. The van der Waals surface area contributed by atoms with E-state index in [1.54, 1.807) is 18.0 Å². The van der Waals surface area contributed by atoms with Crippen molar-refractivity contribution in [3.8, 4) is 0 Å². The van der Waals surface area contributed by atoms with E-state index >= 15 is 0 Å². The van der Waals surface area contributed by atoms with Crippen LogP contribution in [0.5, 0.6) is 0 Å². The number of nitrogens with two attached hydrogens (primary N) is 1. The van der Waals surface area contributed by atoms with Crippen LogP contribution in [-0.4, -0.2) is 23.5 Å². The maximum atomic E-state index is 5.77. The number of nitrogen functional groups attached to an aromatic ring is 1. The molecule has 74 valence electrons. The van der Waals surface area contributed by atoms with Crippen molar-refractivity contribution in [1.29, 1.82) is 0 Å². The lowest BCUT2D eigenvalue weighted by Gasteiger charge is -2.10. The first-order valence-electron chi connectivity index (χ1n) is 4.14. The van der Waals surface area contributed by atoms with Crippen molar-refractivity contribution in [3.05, 3.63) is 11.2 Å². The molecule has 0 spiro atoms. The normalized spacial score (nSPS) is 13.2. The van der Waals surface area contributed by atoms with Gasteiger partial charge in [-0.15, -0.1) is 0 Å². The first-order chi connectivity index (χ1) is 6.15. The highest BCUT2D eigenvalue weighted by atomic mass is 35.5. The number of hydrogen-bond acceptors (Lipinski definition) is 3. The maximum absolute atomic E-state index is 5.77. The predicted octanol–water partition coefficient (Wildman–Crippen LogP) is 1.72. The van der Waals surface area contributed by atoms with Crippen LogP contribution in [0.2, 0.25) is 5.02 Å². The SMILES string of the molecule is COCCC(C)n1cc(Cl)c(N)n1. The number of aromatic nitrogens is 2. The topological polar surface area (TPSA) is 53.1 Å². The average Bonchev–Trinajstić information content (AvgIpc) is 2.43. The second kappa shape index (κ2) is 4.48. The molecule has 1 unspecified atom stereocenters. The zero-order chi connectivity index (χ0) is 9.84. The molecule has 0 aliphatic rings. The van der Waals surface area contributed by atoms with E-state index in [0.29, 0.717) is 17.4 Å². The van der Waals surface area contributed by atoms with E-state index in [9.17, 15) is 0 Å². The van der Waals surface area contributed by atoms with Gasteiger partial charge in [0.1, 0.15) is 5.02 Å². The van der Waals surface area contributed by atoms with Gasteiger partial charge in [-0.2, -0.15) is 5.10 Å². The fraction of sp³-hybridized carbons (Fsp3) is 0.625. The molecule has 0 amide bonds. The van der Waals surface area contributed by atoms with Crippen LogP contribution in [0.25, 0.3) is 0 Å². The maximum Gasteiger partial charge on any atom is 0.164 e. The summed E-state index contributed by atoms with van der Waals surface area (Å²) in [6.45, 7) is 2.75. The zero-order valence-corrected chi connectivity index (χ0v) is 8.58. The Morgan fingerprint density at radius 2 is 2.46 bits per heavy atom. The van der Waals surface area contributed by atoms with Gasteiger partial charge in [0.2, 0.25) is 0 Å². The Labute approximate surface area is 82.6 Å². The Bertz CT molecular complexity index is 255. The molecule has 0 bridgehead atoms. The summed E-state index contributed by atoms with van der Waals surface area (Å²) in [7, 11) is 1.68. The largest absolute Gasteiger partial charge is 0.385 e. The van der Waals surface area contributed by atoms with Gasteiger partial charge in [-0.3, -0.25) is 4.68 Å². The van der Waals surface area contributed by atoms with E-state index in [1.807, 2.05) is 6.92 Å². The Hall–Kier alpha value is -0.740. The fourth-order valence-corrected chi connectivity index (χ4v) is 1.17. The smallest absolute Gasteiger partial charge is 0.164 e. The third kappa shape index (κ3) is 2.60. The molecule has 1 atom stereocenters. The second-order valence-corrected chi connectivity index (χ2v) is 3.38. The van der Waals surface area contributed by atoms with Crippen LogP contribution >= 0.6 is 11.6 Å². The Morgan fingerprint density at radius 3 is 2.92 bits per heavy atom. The van der Waals surface area contributed by atoms with Crippen molar-refractivity contribution in [1.82, 2.24) is 9.78 Å². The number of hydrogen-bond donors (Lipinski definition) is 1. The molecule has 1 rings (SSSR count). The number of ether oxygens (including phenoxy) is 1. The molecule has 0 radical (unpaired) electrons. The van der Waals surface area contributed by atoms with Gasteiger partial charge in [-0.1, -0.05) is 11.6 Å². The predicted molar refractivity (Wildman–Crippen MR) is 52.9 cm³/mol. The van der Waals surface area contributed by atoms with Crippen LogP contribution in [-0.2, 0) is 4.74 Å². The summed E-state index contributed by atoms with van der Waals surface area (Å²) in [6, 6.07) is 0.259. The second-order valence-electron chi connectivity index (χ2n) is 2.97. The molecule has 0 aliphatic carbocycles. The van der Waals surface area contributed by atoms with Crippen molar-refractivity contribution >= 4 is 17.4 Å². The zero-order valence-electron chi connectivity index (χ0n) is 7.83. The van der Waals surface area contributed by atoms with Gasteiger partial charge >= 0.3 is 0 Å². The number of rotatable bonds is 4. The van der Waals surface area contributed by atoms with Crippen molar-refractivity contribution in [2.24, 2.45) is 0 Å². The van der Waals surface area contributed by atoms with Gasteiger partial charge in [-0.25, -0.2) is 0 Å². The van der Waals surface area contributed by atoms with Crippen LogP contribution in [0.4, 0.5) is 5.82 Å². The summed E-state index contributed by atoms with van der Waals surface area (Å²) >= 11 is 5.77. The number of nitrogens with zero attached hydrogens (tertiary/aromatic N) is 2. The molecule has 5 heteroatoms. The summed E-state index contributed by atoms with van der Waals surface area (Å²) in [6.07, 6.45) is 2.63. The van der Waals surface area contributed by atoms with E-state index in [1.165, 1.54) is 0 Å². The first kappa shape index (κ1) is 10.3. The van der Waals surface area contributed by atoms with Crippen molar-refractivity contribution in [3.63, 3.8) is 0 Å². The van der Waals surface area contributed by atoms with Crippen LogP contribution in [0.3, 0.4) is 0 Å². The molecule has 4 nitrogen and oxygen atoms in total. The molecular weight excluding hydrogens is 190 g/mol. The Morgan fingerprint density at radius 1 is 1.77 bits per heavy atom. The van der Waals surface area contributed by atoms with Crippen molar-refractivity contribution in [2.75, 3.05) is 19.5 Å². The lowest BCUT2D eigenvalue weighted by Crippen LogP contribution is -2.08. The third-order valence-corrected chi connectivity index (χ3v) is 2.20. The minimum Gasteiger partial charge on any atom is -0.385 e. The standard InChI is InChI=1S/C8H14ClN3O/c1-6(3-4-13-2)12-5-7(9)8(10)11-12/h5-6H,3-4H2,1-2H3,(H2,10,11). The molecule has 0 saturated heterocycles. The minimum atomic E-state index is 0.259. The molecule has 0 aliphatic heterocycles. The van der Waals surface area contributed by atoms with Crippen molar-refractivity contribution in [2.45, 2.75) is 19.4 Å². The quantitative estimate of drug-likeness (QED) is 0.811. The van der Waals surface area contributed by atoms with Gasteiger partial charge in [0.15, 0.2) is 5.82 Å². The number of anilines is 1. The van der Waals surface area contributed by atoms with Crippen LogP contribution in [0.15, 0.2) is 6.20 Å². The molecule has 0 saturated carbocycles. The minimum absolute atomic E-state index is 0.259. The third-order valence-electron chi connectivity index (χ3n) is 1.90. The van der Waals surface area contributed by atoms with E-state index in [-0.39, 0.29) is 6.04 Å². The molecule has 0 fully saturated rings. The molecule has 13 heavy (non-hydrogen) atoms. The van der Waals surface area contributed by atoms with Gasteiger partial charge in [0.25, 0.3) is 0 Å². The molecule has 1 aromatic heterocycles. The molecule has 0 aromatic carbocycles. The Kier molecular flexibility index (Phi) is 3.57. The molecule has 1 heterocycles. The number of methoxy groups -OCH3 is 1. The van der Waals surface area contributed by atoms with Crippen LogP contribution in [0, 0.1) is 0 Å². The summed E-state index contributed by atoms with van der Waals surface area (Å²) in [5.41, 5.74) is 5.51. The lowest BCUT2D eigenvalue weighted by atomic mass is 10.2. The molecular formula is C8H14ClN3O. The highest BCUT2D eigenvalue weighted by Crippen LogP contribution is 2.19. The van der Waals surface area contributed by atoms with E-state index in [2.05, 4.69) is 5.10 Å². The Balaban J connectivity index is 2.60. The first-order valence-corrected chi connectivity index (χ1v) is 4.52. The highest BCUT2D eigenvalue weighted by molar-refractivity contribution is 6.32.